The van der Waals surface area contributed by atoms with E-state index in [9.17, 15) is 4.79 Å². The summed E-state index contributed by atoms with van der Waals surface area (Å²) in [5.41, 5.74) is 0.831. The Morgan fingerprint density at radius 2 is 2.14 bits per heavy atom. The van der Waals surface area contributed by atoms with Gasteiger partial charge in [0.15, 0.2) is 11.2 Å². The average molecular weight is 349 g/mol. The number of epoxide rings is 1. The molecule has 1 aliphatic heterocycles. The number of rotatable bonds is 2. The number of aryl methyl sites for hydroxylation is 1. The molecule has 2 unspecified atom stereocenters. The molecular formula is C17H17BrO3. The second-order valence-electron chi connectivity index (χ2n) is 6.29. The zero-order valence-electron chi connectivity index (χ0n) is 12.1. The summed E-state index contributed by atoms with van der Waals surface area (Å²) >= 11 is 3.63. The highest BCUT2D eigenvalue weighted by atomic mass is 79.9. The van der Waals surface area contributed by atoms with Gasteiger partial charge in [-0.25, -0.2) is 0 Å². The molecular weight excluding hydrogens is 332 g/mol. The highest BCUT2D eigenvalue weighted by Gasteiger charge is 2.72. The van der Waals surface area contributed by atoms with E-state index in [4.69, 9.17) is 9.47 Å². The van der Waals surface area contributed by atoms with E-state index in [1.54, 1.807) is 7.11 Å². The zero-order chi connectivity index (χ0) is 14.8. The number of benzene rings is 1. The first kappa shape index (κ1) is 13.7. The summed E-state index contributed by atoms with van der Waals surface area (Å²) in [5.74, 6) is 0.256. The molecule has 1 heterocycles. The summed E-state index contributed by atoms with van der Waals surface area (Å²) in [4.78, 5) is 13.0. The number of fused-ring (bicyclic) bond motifs is 1. The van der Waals surface area contributed by atoms with Crippen LogP contribution in [0.1, 0.15) is 23.5 Å². The fraction of sp³-hybridized carbons (Fsp3) is 0.471. The predicted molar refractivity (Wildman–Crippen MR) is 82.5 cm³/mol. The number of ketones is 1. The molecule has 4 heteroatoms. The first-order valence-corrected chi connectivity index (χ1v) is 8.01. The van der Waals surface area contributed by atoms with Gasteiger partial charge in [-0.3, -0.25) is 4.79 Å². The second-order valence-corrected chi connectivity index (χ2v) is 7.20. The molecule has 21 heavy (non-hydrogen) atoms. The van der Waals surface area contributed by atoms with Gasteiger partial charge in [-0.1, -0.05) is 45.8 Å². The minimum absolute atomic E-state index is 0.0519. The van der Waals surface area contributed by atoms with Crippen LogP contribution in [0.4, 0.5) is 0 Å². The number of carbonyl (C=O) groups excluding carboxylic acids is 1. The SMILES string of the molecule is CO[C@]12C=C(Br)C(CC1c1cccc(C)c1)[C@]1(CO1)C2=O. The van der Waals surface area contributed by atoms with Crippen molar-refractivity contribution in [1.82, 2.24) is 0 Å². The van der Waals surface area contributed by atoms with Gasteiger partial charge < -0.3 is 9.47 Å². The number of carbonyl (C=O) groups is 1. The van der Waals surface area contributed by atoms with Gasteiger partial charge in [0.25, 0.3) is 0 Å². The molecule has 110 valence electrons. The molecule has 4 atom stereocenters. The quantitative estimate of drug-likeness (QED) is 0.770. The van der Waals surface area contributed by atoms with E-state index in [0.717, 1.165) is 10.9 Å². The summed E-state index contributed by atoms with van der Waals surface area (Å²) in [6.07, 6.45) is 2.84. The third-order valence-electron chi connectivity index (χ3n) is 5.21. The lowest BCUT2D eigenvalue weighted by atomic mass is 9.58. The molecule has 0 aromatic heterocycles. The number of ether oxygens (including phenoxy) is 2. The minimum atomic E-state index is -0.905. The zero-order valence-corrected chi connectivity index (χ0v) is 13.6. The maximum atomic E-state index is 13.0. The van der Waals surface area contributed by atoms with Crippen LogP contribution >= 0.6 is 15.9 Å². The Morgan fingerprint density at radius 3 is 2.76 bits per heavy atom. The molecule has 4 aliphatic rings. The van der Waals surface area contributed by atoms with Crippen LogP contribution in [-0.2, 0) is 14.3 Å². The van der Waals surface area contributed by atoms with Crippen LogP contribution < -0.4 is 0 Å². The average Bonchev–Trinajstić information content (AvgIpc) is 3.25. The lowest BCUT2D eigenvalue weighted by molar-refractivity contribution is -0.153. The normalized spacial score (nSPS) is 40.5. The highest BCUT2D eigenvalue weighted by molar-refractivity contribution is 9.11. The fourth-order valence-electron chi connectivity index (χ4n) is 4.03. The summed E-state index contributed by atoms with van der Waals surface area (Å²) in [6.45, 7) is 2.59. The molecule has 2 fully saturated rings. The number of halogens is 1. The third kappa shape index (κ3) is 1.64. The van der Waals surface area contributed by atoms with Crippen LogP contribution in [0.25, 0.3) is 0 Å². The van der Waals surface area contributed by atoms with Crippen molar-refractivity contribution in [1.29, 1.82) is 0 Å². The Morgan fingerprint density at radius 1 is 1.38 bits per heavy atom. The van der Waals surface area contributed by atoms with Crippen molar-refractivity contribution >= 4 is 21.7 Å². The van der Waals surface area contributed by atoms with Crippen LogP contribution in [0.3, 0.4) is 0 Å². The van der Waals surface area contributed by atoms with E-state index in [0.29, 0.717) is 6.61 Å². The standard InChI is InChI=1S/C17H17BrO3/c1-10-4-3-5-11(6-10)12-7-13-14(18)8-16(12,20-2)15(19)17(13)9-21-17/h3-6,8,12-13H,7,9H2,1-2H3/t12?,13?,16-,17-/m1/s1. The van der Waals surface area contributed by atoms with E-state index in [-0.39, 0.29) is 17.6 Å². The van der Waals surface area contributed by atoms with Crippen molar-refractivity contribution in [2.45, 2.75) is 30.5 Å². The van der Waals surface area contributed by atoms with Crippen LogP contribution in [-0.4, -0.2) is 30.7 Å². The van der Waals surface area contributed by atoms with E-state index in [2.05, 4.69) is 41.1 Å². The Balaban J connectivity index is 1.87. The first-order chi connectivity index (χ1) is 10.0. The number of methoxy groups -OCH3 is 1. The third-order valence-corrected chi connectivity index (χ3v) is 6.00. The molecule has 3 aliphatic carbocycles. The molecule has 5 rings (SSSR count). The largest absolute Gasteiger partial charge is 0.365 e. The first-order valence-electron chi connectivity index (χ1n) is 7.22. The van der Waals surface area contributed by atoms with Crippen LogP contribution in [0.2, 0.25) is 0 Å². The summed E-state index contributed by atoms with van der Waals surface area (Å²) in [6, 6.07) is 8.36. The second kappa shape index (κ2) is 4.28. The number of hydrogen-bond acceptors (Lipinski definition) is 3. The van der Waals surface area contributed by atoms with E-state index in [1.807, 2.05) is 12.1 Å². The Hall–Kier alpha value is -0.970. The molecule has 2 bridgehead atoms. The van der Waals surface area contributed by atoms with Crippen molar-refractivity contribution in [2.24, 2.45) is 5.92 Å². The molecule has 0 N–H and O–H groups in total. The van der Waals surface area contributed by atoms with Gasteiger partial charge >= 0.3 is 0 Å². The minimum Gasteiger partial charge on any atom is -0.365 e. The molecule has 1 saturated carbocycles. The van der Waals surface area contributed by atoms with Crippen molar-refractivity contribution in [3.63, 3.8) is 0 Å². The topological polar surface area (TPSA) is 38.8 Å². The maximum absolute atomic E-state index is 13.0. The van der Waals surface area contributed by atoms with Crippen LogP contribution in [0.5, 0.6) is 0 Å². The van der Waals surface area contributed by atoms with Crippen molar-refractivity contribution < 1.29 is 14.3 Å². The van der Waals surface area contributed by atoms with Gasteiger partial charge in [-0.05, 0) is 25.0 Å². The van der Waals surface area contributed by atoms with Gasteiger partial charge in [-0.15, -0.1) is 0 Å². The Bertz CT molecular complexity index is 662. The van der Waals surface area contributed by atoms with Crippen LogP contribution in [0.15, 0.2) is 34.8 Å². The molecule has 1 aromatic carbocycles. The molecule has 3 nitrogen and oxygen atoms in total. The summed E-state index contributed by atoms with van der Waals surface area (Å²) < 4.78 is 12.4. The van der Waals surface area contributed by atoms with Crippen molar-refractivity contribution in [3.05, 3.63) is 46.0 Å². The lowest BCUT2D eigenvalue weighted by Crippen LogP contribution is -2.61. The van der Waals surface area contributed by atoms with E-state index >= 15 is 0 Å². The van der Waals surface area contributed by atoms with Gasteiger partial charge in [0.1, 0.15) is 0 Å². The van der Waals surface area contributed by atoms with Gasteiger partial charge in [0, 0.05) is 23.4 Å². The molecule has 0 radical (unpaired) electrons. The molecule has 1 saturated heterocycles. The van der Waals surface area contributed by atoms with E-state index in [1.165, 1.54) is 11.1 Å². The van der Waals surface area contributed by atoms with Gasteiger partial charge in [-0.2, -0.15) is 0 Å². The van der Waals surface area contributed by atoms with Gasteiger partial charge in [0.2, 0.25) is 5.78 Å². The van der Waals surface area contributed by atoms with Crippen molar-refractivity contribution in [2.75, 3.05) is 13.7 Å². The highest BCUT2D eigenvalue weighted by Crippen LogP contribution is 2.61. The maximum Gasteiger partial charge on any atom is 0.203 e. The Kier molecular flexibility index (Phi) is 2.79. The van der Waals surface area contributed by atoms with Crippen LogP contribution in [0, 0.1) is 12.8 Å². The summed E-state index contributed by atoms with van der Waals surface area (Å²) in [7, 11) is 1.62. The van der Waals surface area contributed by atoms with Gasteiger partial charge in [0.05, 0.1) is 6.61 Å². The number of Topliss-reactive ketones (excluding diaryl/α,β-unsaturated/α-hetero) is 1. The molecule has 1 spiro atoms. The Labute approximate surface area is 132 Å². The molecule has 0 amide bonds. The fourth-order valence-corrected chi connectivity index (χ4v) is 4.93. The smallest absolute Gasteiger partial charge is 0.203 e. The summed E-state index contributed by atoms with van der Waals surface area (Å²) in [5, 5.41) is 0. The predicted octanol–water partition coefficient (Wildman–Crippen LogP) is 3.11. The lowest BCUT2D eigenvalue weighted by Gasteiger charge is -2.50. The molecule has 1 aromatic rings. The van der Waals surface area contributed by atoms with Crippen molar-refractivity contribution in [3.8, 4) is 0 Å². The monoisotopic (exact) mass is 348 g/mol. The van der Waals surface area contributed by atoms with E-state index < -0.39 is 11.2 Å². The number of hydrogen-bond donors (Lipinski definition) is 0.